The number of hydrogen-bond donors (Lipinski definition) is 2. The molecule has 0 spiro atoms. The van der Waals surface area contributed by atoms with E-state index in [-0.39, 0.29) is 0 Å². The maximum Gasteiger partial charge on any atom is 0.409 e. The summed E-state index contributed by atoms with van der Waals surface area (Å²) in [4.78, 5) is 24.5. The Morgan fingerprint density at radius 1 is 1.13 bits per heavy atom. The molecule has 3 rings (SSSR count). The van der Waals surface area contributed by atoms with E-state index in [0.29, 0.717) is 11.1 Å². The van der Waals surface area contributed by atoms with Gasteiger partial charge in [-0.1, -0.05) is 60.7 Å². The minimum absolute atomic E-state index is 0.413. The number of benzene rings is 2. The van der Waals surface area contributed by atoms with Gasteiger partial charge in [-0.3, -0.25) is 9.69 Å². The molecule has 118 valence electrons. The first-order chi connectivity index (χ1) is 11.0. The number of carboxylic acid groups (broad SMARTS) is 1. The molecule has 2 aromatic carbocycles. The topological polar surface area (TPSA) is 92.9 Å². The predicted molar refractivity (Wildman–Crippen MR) is 82.3 cm³/mol. The number of amides is 1. The van der Waals surface area contributed by atoms with E-state index in [1.54, 1.807) is 48.5 Å². The summed E-state index contributed by atoms with van der Waals surface area (Å²) in [7, 11) is 0. The average molecular weight is 312 g/mol. The summed E-state index contributed by atoms with van der Waals surface area (Å²) in [6.45, 7) is -0.413. The zero-order valence-electron chi connectivity index (χ0n) is 12.3. The Labute approximate surface area is 133 Å². The highest BCUT2D eigenvalue weighted by Gasteiger charge is 2.52. The van der Waals surface area contributed by atoms with Crippen LogP contribution < -0.4 is 5.73 Å². The van der Waals surface area contributed by atoms with Crippen LogP contribution in [0.3, 0.4) is 0 Å². The molecular weight excluding hydrogens is 296 g/mol. The van der Waals surface area contributed by atoms with Gasteiger partial charge >= 0.3 is 12.1 Å². The highest BCUT2D eigenvalue weighted by atomic mass is 16.6. The minimum Gasteiger partial charge on any atom is -0.465 e. The molecule has 1 aliphatic rings. The SMILES string of the molecule is N[C@@]1(c2ccccc2)[C@H](c2ccccc2)OC(=O)CN1C(=O)O. The van der Waals surface area contributed by atoms with Gasteiger partial charge in [-0.15, -0.1) is 0 Å². The molecule has 0 saturated carbocycles. The van der Waals surface area contributed by atoms with Gasteiger partial charge in [0.2, 0.25) is 0 Å². The smallest absolute Gasteiger partial charge is 0.409 e. The van der Waals surface area contributed by atoms with Gasteiger partial charge in [0.15, 0.2) is 11.8 Å². The lowest BCUT2D eigenvalue weighted by Gasteiger charge is -2.47. The van der Waals surface area contributed by atoms with Crippen LogP contribution >= 0.6 is 0 Å². The van der Waals surface area contributed by atoms with Crippen molar-refractivity contribution in [2.24, 2.45) is 5.73 Å². The van der Waals surface area contributed by atoms with Crippen LogP contribution in [0.5, 0.6) is 0 Å². The molecule has 1 saturated heterocycles. The number of carbonyl (C=O) groups excluding carboxylic acids is 1. The van der Waals surface area contributed by atoms with Crippen LogP contribution in [0.25, 0.3) is 0 Å². The van der Waals surface area contributed by atoms with Crippen LogP contribution in [0.15, 0.2) is 60.7 Å². The summed E-state index contributed by atoms with van der Waals surface area (Å²) in [5.41, 5.74) is 6.23. The number of esters is 1. The Kier molecular flexibility index (Phi) is 3.75. The van der Waals surface area contributed by atoms with E-state index in [2.05, 4.69) is 0 Å². The van der Waals surface area contributed by atoms with Crippen LogP contribution in [-0.2, 0) is 15.2 Å². The number of hydrogen-bond acceptors (Lipinski definition) is 4. The van der Waals surface area contributed by atoms with Gasteiger partial charge in [-0.2, -0.15) is 0 Å². The van der Waals surface area contributed by atoms with Crippen LogP contribution in [0.2, 0.25) is 0 Å². The lowest BCUT2D eigenvalue weighted by atomic mass is 9.87. The first-order valence-electron chi connectivity index (χ1n) is 7.13. The Morgan fingerprint density at radius 3 is 2.26 bits per heavy atom. The number of nitrogens with two attached hydrogens (primary N) is 1. The van der Waals surface area contributed by atoms with Gasteiger partial charge in [-0.05, 0) is 11.1 Å². The third-order valence-electron chi connectivity index (χ3n) is 3.95. The van der Waals surface area contributed by atoms with Crippen LogP contribution in [0.1, 0.15) is 17.2 Å². The van der Waals surface area contributed by atoms with Crippen molar-refractivity contribution in [1.29, 1.82) is 0 Å². The number of rotatable bonds is 2. The lowest BCUT2D eigenvalue weighted by molar-refractivity contribution is -0.176. The van der Waals surface area contributed by atoms with Crippen LogP contribution in [0, 0.1) is 0 Å². The highest BCUT2D eigenvalue weighted by molar-refractivity contribution is 5.80. The average Bonchev–Trinajstić information content (AvgIpc) is 2.58. The summed E-state index contributed by atoms with van der Waals surface area (Å²) in [6, 6.07) is 17.7. The van der Waals surface area contributed by atoms with Crippen LogP contribution in [-0.4, -0.2) is 28.6 Å². The van der Waals surface area contributed by atoms with Crippen molar-refractivity contribution in [1.82, 2.24) is 4.90 Å². The summed E-state index contributed by atoms with van der Waals surface area (Å²) >= 11 is 0. The van der Waals surface area contributed by atoms with Gasteiger partial charge < -0.3 is 15.6 Å². The number of cyclic esters (lactones) is 1. The Hall–Kier alpha value is -2.86. The maximum atomic E-state index is 11.9. The minimum atomic E-state index is -1.50. The molecule has 0 unspecified atom stereocenters. The predicted octanol–water partition coefficient (Wildman–Crippen LogP) is 2.08. The Bertz CT molecular complexity index is 720. The monoisotopic (exact) mass is 312 g/mol. The molecule has 0 aliphatic carbocycles. The number of morpholine rings is 1. The number of carbonyl (C=O) groups is 2. The van der Waals surface area contributed by atoms with Gasteiger partial charge in [0.1, 0.15) is 6.54 Å². The molecule has 0 radical (unpaired) electrons. The summed E-state index contributed by atoms with van der Waals surface area (Å²) in [6.07, 6.45) is -2.20. The van der Waals surface area contributed by atoms with E-state index in [4.69, 9.17) is 10.5 Å². The van der Waals surface area contributed by atoms with E-state index < -0.39 is 30.4 Å². The van der Waals surface area contributed by atoms with Crippen molar-refractivity contribution in [3.05, 3.63) is 71.8 Å². The molecule has 1 heterocycles. The van der Waals surface area contributed by atoms with Crippen LogP contribution in [0.4, 0.5) is 4.79 Å². The quantitative estimate of drug-likeness (QED) is 0.828. The second kappa shape index (κ2) is 5.73. The molecule has 6 nitrogen and oxygen atoms in total. The zero-order valence-corrected chi connectivity index (χ0v) is 12.3. The second-order valence-electron chi connectivity index (χ2n) is 5.34. The molecule has 2 atom stereocenters. The second-order valence-corrected chi connectivity index (χ2v) is 5.34. The molecule has 0 bridgehead atoms. The molecule has 6 heteroatoms. The van der Waals surface area contributed by atoms with Gasteiger partial charge in [0.25, 0.3) is 0 Å². The van der Waals surface area contributed by atoms with Crippen molar-refractivity contribution in [2.75, 3.05) is 6.54 Å². The van der Waals surface area contributed by atoms with Crippen molar-refractivity contribution in [3.63, 3.8) is 0 Å². The molecule has 1 amide bonds. The van der Waals surface area contributed by atoms with Gasteiger partial charge in [0, 0.05) is 0 Å². The molecule has 1 aliphatic heterocycles. The third kappa shape index (κ3) is 2.53. The van der Waals surface area contributed by atoms with E-state index in [1.165, 1.54) is 0 Å². The normalized spacial score (nSPS) is 24.1. The maximum absolute atomic E-state index is 11.9. The van der Waals surface area contributed by atoms with E-state index in [0.717, 1.165) is 4.90 Å². The summed E-state index contributed by atoms with van der Waals surface area (Å²) in [5, 5.41) is 9.56. The summed E-state index contributed by atoms with van der Waals surface area (Å²) < 4.78 is 5.45. The molecule has 3 N–H and O–H groups in total. The van der Waals surface area contributed by atoms with E-state index >= 15 is 0 Å². The third-order valence-corrected chi connectivity index (χ3v) is 3.95. The molecular formula is C17H16N2O4. The molecule has 1 fully saturated rings. The lowest BCUT2D eigenvalue weighted by Crippen LogP contribution is -2.64. The standard InChI is InChI=1S/C17H16N2O4/c18-17(13-9-5-2-6-10-13)15(12-7-3-1-4-8-12)23-14(20)11-19(17)16(21)22/h1-10,15H,11,18H2,(H,21,22)/t15-,17+/m0/s1. The largest absolute Gasteiger partial charge is 0.465 e. The van der Waals surface area contributed by atoms with E-state index in [9.17, 15) is 14.7 Å². The number of ether oxygens (including phenoxy) is 1. The Balaban J connectivity index is 2.18. The zero-order chi connectivity index (χ0) is 16.4. The van der Waals surface area contributed by atoms with Gasteiger partial charge in [0.05, 0.1) is 0 Å². The fourth-order valence-electron chi connectivity index (χ4n) is 2.85. The first-order valence-corrected chi connectivity index (χ1v) is 7.13. The van der Waals surface area contributed by atoms with E-state index in [1.807, 2.05) is 12.1 Å². The highest BCUT2D eigenvalue weighted by Crippen LogP contribution is 2.41. The Morgan fingerprint density at radius 2 is 1.70 bits per heavy atom. The number of nitrogens with zero attached hydrogens (tertiary/aromatic N) is 1. The fraction of sp³-hybridized carbons (Fsp3) is 0.176. The summed E-state index contributed by atoms with van der Waals surface area (Å²) in [5.74, 6) is -0.627. The van der Waals surface area contributed by atoms with Crippen molar-refractivity contribution in [2.45, 2.75) is 11.8 Å². The van der Waals surface area contributed by atoms with Gasteiger partial charge in [-0.25, -0.2) is 4.79 Å². The molecule has 0 aromatic heterocycles. The fourth-order valence-corrected chi connectivity index (χ4v) is 2.85. The van der Waals surface area contributed by atoms with Crippen molar-refractivity contribution in [3.8, 4) is 0 Å². The molecule has 23 heavy (non-hydrogen) atoms. The first kappa shape index (κ1) is 15.1. The molecule has 2 aromatic rings. The van der Waals surface area contributed by atoms with Crippen molar-refractivity contribution >= 4 is 12.1 Å². The van der Waals surface area contributed by atoms with Crippen molar-refractivity contribution < 1.29 is 19.4 Å².